The van der Waals surface area contributed by atoms with E-state index in [0.29, 0.717) is 0 Å². The van der Waals surface area contributed by atoms with Gasteiger partial charge in [0.25, 0.3) is 0 Å². The molecule has 1 saturated heterocycles. The molecule has 0 radical (unpaired) electrons. The summed E-state index contributed by atoms with van der Waals surface area (Å²) in [6.07, 6.45) is 3.80. The van der Waals surface area contributed by atoms with Gasteiger partial charge in [0.05, 0.1) is 0 Å². The van der Waals surface area contributed by atoms with E-state index >= 15 is 0 Å². The first-order valence-electron chi connectivity index (χ1n) is 7.40. The molecule has 0 aromatic heterocycles. The standard InChI is InChI=1S/C16H26N2O/c1-14-4-6-16(7-5-14)19-12-11-18-10-2-3-15(13-18)8-9-17/h4-7,15H,2-3,8-13,17H2,1H3. The minimum Gasteiger partial charge on any atom is -0.492 e. The lowest BCUT2D eigenvalue weighted by atomic mass is 9.95. The molecule has 3 heteroatoms. The Morgan fingerprint density at radius 2 is 2.11 bits per heavy atom. The Kier molecular flexibility index (Phi) is 5.67. The van der Waals surface area contributed by atoms with Crippen molar-refractivity contribution in [2.45, 2.75) is 26.2 Å². The van der Waals surface area contributed by atoms with Crippen molar-refractivity contribution in [2.24, 2.45) is 11.7 Å². The van der Waals surface area contributed by atoms with Crippen LogP contribution in [-0.4, -0.2) is 37.7 Å². The minimum atomic E-state index is 0.776. The largest absolute Gasteiger partial charge is 0.492 e. The quantitative estimate of drug-likeness (QED) is 0.855. The lowest BCUT2D eigenvalue weighted by molar-refractivity contribution is 0.144. The first-order chi connectivity index (χ1) is 9.28. The Labute approximate surface area is 116 Å². The van der Waals surface area contributed by atoms with E-state index < -0.39 is 0 Å². The van der Waals surface area contributed by atoms with Crippen LogP contribution in [-0.2, 0) is 0 Å². The number of likely N-dealkylation sites (tertiary alicyclic amines) is 1. The smallest absolute Gasteiger partial charge is 0.119 e. The number of benzene rings is 1. The van der Waals surface area contributed by atoms with Gasteiger partial charge in [-0.2, -0.15) is 0 Å². The molecule has 1 heterocycles. The van der Waals surface area contributed by atoms with Gasteiger partial charge in [-0.25, -0.2) is 0 Å². The van der Waals surface area contributed by atoms with Crippen molar-refractivity contribution >= 4 is 0 Å². The van der Waals surface area contributed by atoms with Crippen molar-refractivity contribution in [3.63, 3.8) is 0 Å². The minimum absolute atomic E-state index is 0.776. The van der Waals surface area contributed by atoms with Gasteiger partial charge in [0.2, 0.25) is 0 Å². The average molecular weight is 262 g/mol. The fourth-order valence-corrected chi connectivity index (χ4v) is 2.75. The number of hydrogen-bond acceptors (Lipinski definition) is 3. The third-order valence-electron chi connectivity index (χ3n) is 3.88. The normalized spacial score (nSPS) is 20.4. The fourth-order valence-electron chi connectivity index (χ4n) is 2.75. The first kappa shape index (κ1) is 14.4. The van der Waals surface area contributed by atoms with Gasteiger partial charge in [-0.15, -0.1) is 0 Å². The zero-order valence-corrected chi connectivity index (χ0v) is 12.0. The zero-order valence-electron chi connectivity index (χ0n) is 12.0. The summed E-state index contributed by atoms with van der Waals surface area (Å²) in [6.45, 7) is 7.10. The van der Waals surface area contributed by atoms with Crippen molar-refractivity contribution in [3.8, 4) is 5.75 Å². The Morgan fingerprint density at radius 3 is 2.84 bits per heavy atom. The molecule has 2 rings (SSSR count). The zero-order chi connectivity index (χ0) is 13.5. The van der Waals surface area contributed by atoms with Gasteiger partial charge in [-0.05, 0) is 57.3 Å². The molecule has 0 saturated carbocycles. The SMILES string of the molecule is Cc1ccc(OCCN2CCCC(CCN)C2)cc1. The molecule has 1 aliphatic heterocycles. The summed E-state index contributed by atoms with van der Waals surface area (Å²) in [7, 11) is 0. The van der Waals surface area contributed by atoms with E-state index in [1.807, 2.05) is 12.1 Å². The fraction of sp³-hybridized carbons (Fsp3) is 0.625. The van der Waals surface area contributed by atoms with Gasteiger partial charge in [-0.1, -0.05) is 17.7 Å². The van der Waals surface area contributed by atoms with Crippen LogP contribution in [0.3, 0.4) is 0 Å². The maximum atomic E-state index is 5.79. The molecule has 1 unspecified atom stereocenters. The average Bonchev–Trinajstić information content (AvgIpc) is 2.42. The van der Waals surface area contributed by atoms with Gasteiger partial charge < -0.3 is 10.5 Å². The van der Waals surface area contributed by atoms with Crippen molar-refractivity contribution in [2.75, 3.05) is 32.8 Å². The predicted molar refractivity (Wildman–Crippen MR) is 79.5 cm³/mol. The molecule has 1 aliphatic rings. The van der Waals surface area contributed by atoms with Crippen molar-refractivity contribution in [1.82, 2.24) is 4.90 Å². The summed E-state index contributed by atoms with van der Waals surface area (Å²) in [6, 6.07) is 8.27. The van der Waals surface area contributed by atoms with Gasteiger partial charge in [0.15, 0.2) is 0 Å². The monoisotopic (exact) mass is 262 g/mol. The summed E-state index contributed by atoms with van der Waals surface area (Å²) >= 11 is 0. The summed E-state index contributed by atoms with van der Waals surface area (Å²) in [5.74, 6) is 1.76. The van der Waals surface area contributed by atoms with Crippen LogP contribution in [0.15, 0.2) is 24.3 Å². The highest BCUT2D eigenvalue weighted by Gasteiger charge is 2.18. The Hall–Kier alpha value is -1.06. The first-order valence-corrected chi connectivity index (χ1v) is 7.40. The third kappa shape index (κ3) is 4.84. The Morgan fingerprint density at radius 1 is 1.32 bits per heavy atom. The molecule has 2 N–H and O–H groups in total. The molecule has 0 amide bonds. The van der Waals surface area contributed by atoms with E-state index in [0.717, 1.165) is 37.8 Å². The van der Waals surface area contributed by atoms with Crippen molar-refractivity contribution in [1.29, 1.82) is 0 Å². The molecule has 3 nitrogen and oxygen atoms in total. The van der Waals surface area contributed by atoms with E-state index in [4.69, 9.17) is 10.5 Å². The number of nitrogens with zero attached hydrogens (tertiary/aromatic N) is 1. The highest BCUT2D eigenvalue weighted by molar-refractivity contribution is 5.26. The van der Waals surface area contributed by atoms with Crippen LogP contribution in [0.1, 0.15) is 24.8 Å². The van der Waals surface area contributed by atoms with Crippen LogP contribution < -0.4 is 10.5 Å². The molecule has 1 aromatic carbocycles. The predicted octanol–water partition coefficient (Wildman–Crippen LogP) is 2.43. The summed E-state index contributed by atoms with van der Waals surface area (Å²) in [4.78, 5) is 2.51. The van der Waals surface area contributed by atoms with Crippen LogP contribution in [0.2, 0.25) is 0 Å². The lowest BCUT2D eigenvalue weighted by Gasteiger charge is -2.32. The van der Waals surface area contributed by atoms with Gasteiger partial charge >= 0.3 is 0 Å². The Balaban J connectivity index is 1.69. The summed E-state index contributed by atoms with van der Waals surface area (Å²) in [5, 5.41) is 0. The maximum Gasteiger partial charge on any atom is 0.119 e. The molecule has 19 heavy (non-hydrogen) atoms. The molecule has 106 valence electrons. The van der Waals surface area contributed by atoms with Crippen LogP contribution >= 0.6 is 0 Å². The van der Waals surface area contributed by atoms with Gasteiger partial charge in [-0.3, -0.25) is 4.90 Å². The van der Waals surface area contributed by atoms with Crippen LogP contribution in [0.5, 0.6) is 5.75 Å². The van der Waals surface area contributed by atoms with Crippen LogP contribution in [0.25, 0.3) is 0 Å². The molecule has 0 bridgehead atoms. The highest BCUT2D eigenvalue weighted by Crippen LogP contribution is 2.19. The summed E-state index contributed by atoms with van der Waals surface area (Å²) < 4.78 is 5.79. The van der Waals surface area contributed by atoms with Crippen LogP contribution in [0.4, 0.5) is 0 Å². The second kappa shape index (κ2) is 7.51. The van der Waals surface area contributed by atoms with Crippen molar-refractivity contribution < 1.29 is 4.74 Å². The summed E-state index contributed by atoms with van der Waals surface area (Å²) in [5.41, 5.74) is 6.92. The highest BCUT2D eigenvalue weighted by atomic mass is 16.5. The molecule has 0 spiro atoms. The van der Waals surface area contributed by atoms with E-state index in [9.17, 15) is 0 Å². The number of nitrogens with two attached hydrogens (primary N) is 1. The van der Waals surface area contributed by atoms with E-state index in [2.05, 4.69) is 24.0 Å². The molecule has 0 aliphatic carbocycles. The Bertz CT molecular complexity index is 362. The molecule has 1 fully saturated rings. The van der Waals surface area contributed by atoms with Gasteiger partial charge in [0, 0.05) is 13.1 Å². The lowest BCUT2D eigenvalue weighted by Crippen LogP contribution is -2.38. The van der Waals surface area contributed by atoms with Crippen LogP contribution in [0, 0.1) is 12.8 Å². The molecular formula is C16H26N2O. The number of ether oxygens (including phenoxy) is 1. The maximum absolute atomic E-state index is 5.79. The molecular weight excluding hydrogens is 236 g/mol. The second-order valence-corrected chi connectivity index (χ2v) is 5.55. The van der Waals surface area contributed by atoms with E-state index in [1.165, 1.54) is 31.5 Å². The second-order valence-electron chi connectivity index (χ2n) is 5.55. The number of hydrogen-bond donors (Lipinski definition) is 1. The number of aryl methyl sites for hydroxylation is 1. The van der Waals surface area contributed by atoms with E-state index in [-0.39, 0.29) is 0 Å². The van der Waals surface area contributed by atoms with Gasteiger partial charge in [0.1, 0.15) is 12.4 Å². The van der Waals surface area contributed by atoms with E-state index in [1.54, 1.807) is 0 Å². The topological polar surface area (TPSA) is 38.5 Å². The number of piperidine rings is 1. The van der Waals surface area contributed by atoms with Crippen molar-refractivity contribution in [3.05, 3.63) is 29.8 Å². The molecule has 1 aromatic rings. The number of rotatable bonds is 6. The molecule has 1 atom stereocenters. The third-order valence-corrected chi connectivity index (χ3v) is 3.88.